The Hall–Kier alpha value is -1.64. The van der Waals surface area contributed by atoms with E-state index in [9.17, 15) is 18.3 Å². The predicted molar refractivity (Wildman–Crippen MR) is 79.6 cm³/mol. The van der Waals surface area contributed by atoms with Crippen LogP contribution in [0.15, 0.2) is 24.3 Å². The van der Waals surface area contributed by atoms with E-state index in [2.05, 4.69) is 10.0 Å². The Kier molecular flexibility index (Phi) is 6.13. The smallest absolute Gasteiger partial charge is 0.320 e. The summed E-state index contributed by atoms with van der Waals surface area (Å²) in [5.41, 5.74) is 0.897. The van der Waals surface area contributed by atoms with E-state index < -0.39 is 27.8 Å². The number of carbonyl (C=O) groups is 1. The Morgan fingerprint density at radius 3 is 2.29 bits per heavy atom. The summed E-state index contributed by atoms with van der Waals surface area (Å²) in [4.78, 5) is 10.4. The molecule has 0 radical (unpaired) electrons. The first kappa shape index (κ1) is 17.4. The van der Waals surface area contributed by atoms with Gasteiger partial charge in [0.2, 0.25) is 10.0 Å². The molecular formula is C13H20N2O5S. The van der Waals surface area contributed by atoms with Gasteiger partial charge in [0.1, 0.15) is 0 Å². The Labute approximate surface area is 124 Å². The maximum Gasteiger partial charge on any atom is 0.320 e. The fourth-order valence-corrected chi connectivity index (χ4v) is 2.51. The first-order chi connectivity index (χ1) is 9.69. The Balaban J connectivity index is 2.68. The molecule has 118 valence electrons. The van der Waals surface area contributed by atoms with Crippen LogP contribution in [-0.2, 0) is 14.8 Å². The first-order valence-corrected chi connectivity index (χ1v) is 8.08. The molecule has 0 fully saturated rings. The molecular weight excluding hydrogens is 296 g/mol. The molecule has 1 aromatic rings. The predicted octanol–water partition coefficient (Wildman–Crippen LogP) is 0.544. The van der Waals surface area contributed by atoms with Crippen LogP contribution in [0.25, 0.3) is 0 Å². The number of benzene rings is 1. The van der Waals surface area contributed by atoms with Crippen molar-refractivity contribution in [2.24, 2.45) is 0 Å². The van der Waals surface area contributed by atoms with Gasteiger partial charge in [-0.15, -0.1) is 0 Å². The molecule has 1 aromatic carbocycles. The molecule has 7 nitrogen and oxygen atoms in total. The van der Waals surface area contributed by atoms with Crippen molar-refractivity contribution in [1.82, 2.24) is 5.32 Å². The Bertz CT molecular complexity index is 569. The van der Waals surface area contributed by atoms with Gasteiger partial charge in [0.25, 0.3) is 0 Å². The number of carboxylic acid groups (broad SMARTS) is 1. The number of nitrogens with one attached hydrogen (secondary N) is 2. The molecule has 0 amide bonds. The molecule has 0 aliphatic heterocycles. The van der Waals surface area contributed by atoms with Crippen LogP contribution >= 0.6 is 0 Å². The quantitative estimate of drug-likeness (QED) is 0.556. The highest BCUT2D eigenvalue weighted by Gasteiger charge is 2.15. The lowest BCUT2D eigenvalue weighted by Crippen LogP contribution is -2.27. The molecule has 0 bridgehead atoms. The standard InChI is InChI=1S/C13H20N2O5S/c1-9(2)14-7-12(16)10-3-5-11(6-4-10)15-21(19,20)8-13(17)18/h3-6,9,12,14-16H,7-8H2,1-2H3,(H,17,18). The van der Waals surface area contributed by atoms with Crippen LogP contribution in [0.1, 0.15) is 25.5 Å². The summed E-state index contributed by atoms with van der Waals surface area (Å²) < 4.78 is 25.1. The molecule has 0 saturated carbocycles. The van der Waals surface area contributed by atoms with E-state index >= 15 is 0 Å². The summed E-state index contributed by atoms with van der Waals surface area (Å²) in [6.07, 6.45) is -0.697. The number of aliphatic hydroxyl groups excluding tert-OH is 1. The average Bonchev–Trinajstić information content (AvgIpc) is 2.34. The van der Waals surface area contributed by atoms with Gasteiger partial charge in [-0.1, -0.05) is 26.0 Å². The minimum atomic E-state index is -3.91. The van der Waals surface area contributed by atoms with Crippen molar-refractivity contribution in [2.45, 2.75) is 26.0 Å². The summed E-state index contributed by atoms with van der Waals surface area (Å²) in [6, 6.07) is 6.39. The zero-order valence-electron chi connectivity index (χ0n) is 11.9. The molecule has 1 atom stereocenters. The lowest BCUT2D eigenvalue weighted by Gasteiger charge is -2.15. The van der Waals surface area contributed by atoms with Crippen molar-refractivity contribution in [3.8, 4) is 0 Å². The summed E-state index contributed by atoms with van der Waals surface area (Å²) >= 11 is 0. The molecule has 0 saturated heterocycles. The zero-order chi connectivity index (χ0) is 16.0. The van der Waals surface area contributed by atoms with E-state index in [0.29, 0.717) is 12.1 Å². The monoisotopic (exact) mass is 316 g/mol. The van der Waals surface area contributed by atoms with Gasteiger partial charge in [-0.05, 0) is 17.7 Å². The molecule has 0 heterocycles. The van der Waals surface area contributed by atoms with E-state index in [4.69, 9.17) is 5.11 Å². The molecule has 0 spiro atoms. The van der Waals surface area contributed by atoms with Crippen molar-refractivity contribution in [2.75, 3.05) is 17.0 Å². The number of rotatable bonds is 8. The number of aliphatic carboxylic acids is 1. The molecule has 21 heavy (non-hydrogen) atoms. The lowest BCUT2D eigenvalue weighted by atomic mass is 10.1. The molecule has 4 N–H and O–H groups in total. The number of hydrogen-bond donors (Lipinski definition) is 4. The van der Waals surface area contributed by atoms with Crippen LogP contribution in [0.5, 0.6) is 0 Å². The molecule has 0 aliphatic rings. The van der Waals surface area contributed by atoms with Crippen LogP contribution in [0.4, 0.5) is 5.69 Å². The Morgan fingerprint density at radius 2 is 1.81 bits per heavy atom. The SMILES string of the molecule is CC(C)NCC(O)c1ccc(NS(=O)(=O)CC(=O)O)cc1. The largest absolute Gasteiger partial charge is 0.480 e. The van der Waals surface area contributed by atoms with Crippen molar-refractivity contribution >= 4 is 21.7 Å². The lowest BCUT2D eigenvalue weighted by molar-refractivity contribution is -0.134. The van der Waals surface area contributed by atoms with Crippen LogP contribution in [-0.4, -0.2) is 42.9 Å². The van der Waals surface area contributed by atoms with Crippen LogP contribution in [0.3, 0.4) is 0 Å². The van der Waals surface area contributed by atoms with Gasteiger partial charge in [0.05, 0.1) is 6.10 Å². The summed E-state index contributed by atoms with van der Waals surface area (Å²) in [5, 5.41) is 21.5. The third-order valence-electron chi connectivity index (χ3n) is 2.60. The van der Waals surface area contributed by atoms with Gasteiger partial charge in [0.15, 0.2) is 5.75 Å². The molecule has 0 aliphatic carbocycles. The number of aliphatic hydroxyl groups is 1. The van der Waals surface area contributed by atoms with E-state index in [1.165, 1.54) is 12.1 Å². The van der Waals surface area contributed by atoms with Gasteiger partial charge in [-0.25, -0.2) is 8.42 Å². The third-order valence-corrected chi connectivity index (χ3v) is 3.78. The second kappa shape index (κ2) is 7.39. The second-order valence-electron chi connectivity index (χ2n) is 4.96. The highest BCUT2D eigenvalue weighted by molar-refractivity contribution is 7.93. The average molecular weight is 316 g/mol. The van der Waals surface area contributed by atoms with Crippen LogP contribution in [0, 0.1) is 0 Å². The molecule has 1 rings (SSSR count). The Morgan fingerprint density at radius 1 is 1.24 bits per heavy atom. The number of sulfonamides is 1. The first-order valence-electron chi connectivity index (χ1n) is 6.43. The van der Waals surface area contributed by atoms with Gasteiger partial charge < -0.3 is 15.5 Å². The van der Waals surface area contributed by atoms with E-state index in [1.807, 2.05) is 13.8 Å². The number of hydrogen-bond acceptors (Lipinski definition) is 5. The number of carboxylic acids is 1. The molecule has 1 unspecified atom stereocenters. The van der Waals surface area contributed by atoms with E-state index in [0.717, 1.165) is 0 Å². The van der Waals surface area contributed by atoms with Gasteiger partial charge in [0, 0.05) is 18.3 Å². The van der Waals surface area contributed by atoms with E-state index in [1.54, 1.807) is 12.1 Å². The summed E-state index contributed by atoms with van der Waals surface area (Å²) in [7, 11) is -3.91. The van der Waals surface area contributed by atoms with E-state index in [-0.39, 0.29) is 11.7 Å². The van der Waals surface area contributed by atoms with Crippen molar-refractivity contribution in [1.29, 1.82) is 0 Å². The van der Waals surface area contributed by atoms with Crippen LogP contribution in [0.2, 0.25) is 0 Å². The highest BCUT2D eigenvalue weighted by atomic mass is 32.2. The maximum absolute atomic E-state index is 11.5. The molecule has 8 heteroatoms. The van der Waals surface area contributed by atoms with Crippen molar-refractivity contribution in [3.63, 3.8) is 0 Å². The number of anilines is 1. The topological polar surface area (TPSA) is 116 Å². The fourth-order valence-electron chi connectivity index (χ4n) is 1.62. The van der Waals surface area contributed by atoms with Gasteiger partial charge in [-0.2, -0.15) is 0 Å². The fraction of sp³-hybridized carbons (Fsp3) is 0.462. The normalized spacial score (nSPS) is 13.1. The minimum Gasteiger partial charge on any atom is -0.480 e. The summed E-state index contributed by atoms with van der Waals surface area (Å²) in [6.45, 7) is 4.32. The van der Waals surface area contributed by atoms with Crippen molar-refractivity contribution < 1.29 is 23.4 Å². The maximum atomic E-state index is 11.5. The van der Waals surface area contributed by atoms with Gasteiger partial charge >= 0.3 is 5.97 Å². The third kappa shape index (κ3) is 6.56. The van der Waals surface area contributed by atoms with Gasteiger partial charge in [-0.3, -0.25) is 9.52 Å². The van der Waals surface area contributed by atoms with Crippen molar-refractivity contribution in [3.05, 3.63) is 29.8 Å². The zero-order valence-corrected chi connectivity index (χ0v) is 12.7. The highest BCUT2D eigenvalue weighted by Crippen LogP contribution is 2.17. The second-order valence-corrected chi connectivity index (χ2v) is 6.68. The minimum absolute atomic E-state index is 0.252. The molecule has 0 aromatic heterocycles. The summed E-state index contributed by atoms with van der Waals surface area (Å²) in [5.74, 6) is -2.41. The van der Waals surface area contributed by atoms with Crippen LogP contribution < -0.4 is 10.0 Å².